The number of ether oxygens (including phenoxy) is 2. The SMILES string of the molecule is COC(=O)C1=CC=C(N2CCCC(=O)c3ccccc32)C(=C=O)C1OC. The zero-order valence-corrected chi connectivity index (χ0v) is 14.7. The molecule has 1 unspecified atom stereocenters. The van der Waals surface area contributed by atoms with Gasteiger partial charge in [-0.2, -0.15) is 0 Å². The molecule has 0 amide bonds. The van der Waals surface area contributed by atoms with Gasteiger partial charge in [0.2, 0.25) is 0 Å². The van der Waals surface area contributed by atoms with Crippen LogP contribution in [0.1, 0.15) is 23.2 Å². The van der Waals surface area contributed by atoms with Crippen LogP contribution < -0.4 is 4.90 Å². The maximum absolute atomic E-state index is 12.4. The van der Waals surface area contributed by atoms with Crippen LogP contribution in [0.4, 0.5) is 5.69 Å². The van der Waals surface area contributed by atoms with Crippen molar-refractivity contribution in [2.75, 3.05) is 25.7 Å². The summed E-state index contributed by atoms with van der Waals surface area (Å²) < 4.78 is 10.2. The molecule has 134 valence electrons. The van der Waals surface area contributed by atoms with E-state index in [-0.39, 0.29) is 16.9 Å². The summed E-state index contributed by atoms with van der Waals surface area (Å²) in [5.41, 5.74) is 2.36. The Hall–Kier alpha value is -2.95. The first kappa shape index (κ1) is 17.9. The summed E-state index contributed by atoms with van der Waals surface area (Å²) in [4.78, 5) is 38.0. The van der Waals surface area contributed by atoms with Crippen LogP contribution in [0.3, 0.4) is 0 Å². The Balaban J connectivity index is 2.13. The predicted octanol–water partition coefficient (Wildman–Crippen LogP) is 2.24. The summed E-state index contributed by atoms with van der Waals surface area (Å²) >= 11 is 0. The number of para-hydroxylation sites is 1. The van der Waals surface area contributed by atoms with Gasteiger partial charge in [-0.25, -0.2) is 9.59 Å². The lowest BCUT2D eigenvalue weighted by Crippen LogP contribution is -2.34. The molecule has 0 radical (unpaired) electrons. The van der Waals surface area contributed by atoms with Crippen LogP contribution in [0.25, 0.3) is 0 Å². The standard InChI is InChI=1S/C20H19NO5/c1-25-19-14(20(24)26-2)9-10-17(15(19)12-22)21-11-5-8-18(23)13-6-3-4-7-16(13)21/h3-4,6-7,9-10,19H,5,8,11H2,1-2H3. The lowest BCUT2D eigenvalue weighted by Gasteiger charge is -2.32. The second-order valence-corrected chi connectivity index (χ2v) is 5.99. The van der Waals surface area contributed by atoms with Gasteiger partial charge >= 0.3 is 5.97 Å². The summed E-state index contributed by atoms with van der Waals surface area (Å²) in [6.45, 7) is 0.567. The van der Waals surface area contributed by atoms with E-state index < -0.39 is 12.1 Å². The minimum absolute atomic E-state index is 0.0743. The van der Waals surface area contributed by atoms with E-state index in [4.69, 9.17) is 9.47 Å². The van der Waals surface area contributed by atoms with Crippen molar-refractivity contribution in [2.24, 2.45) is 0 Å². The fourth-order valence-corrected chi connectivity index (χ4v) is 3.36. The number of allylic oxidation sites excluding steroid dienone is 2. The molecule has 1 heterocycles. The van der Waals surface area contributed by atoms with Crippen molar-refractivity contribution < 1.29 is 23.9 Å². The van der Waals surface area contributed by atoms with Crippen LogP contribution >= 0.6 is 0 Å². The van der Waals surface area contributed by atoms with Gasteiger partial charge in [0.1, 0.15) is 12.0 Å². The highest BCUT2D eigenvalue weighted by Crippen LogP contribution is 2.35. The summed E-state index contributed by atoms with van der Waals surface area (Å²) in [6.07, 6.45) is 3.49. The van der Waals surface area contributed by atoms with E-state index in [9.17, 15) is 14.4 Å². The molecule has 1 aromatic rings. The summed E-state index contributed by atoms with van der Waals surface area (Å²) in [5.74, 6) is 1.43. The Labute approximate surface area is 151 Å². The lowest BCUT2D eigenvalue weighted by molar-refractivity contribution is -0.137. The van der Waals surface area contributed by atoms with Gasteiger partial charge in [-0.05, 0) is 30.7 Å². The third-order valence-corrected chi connectivity index (χ3v) is 4.58. The second kappa shape index (κ2) is 7.52. The summed E-state index contributed by atoms with van der Waals surface area (Å²) in [5, 5.41) is 0. The molecule has 0 saturated carbocycles. The molecule has 1 aliphatic heterocycles. The van der Waals surface area contributed by atoms with Gasteiger partial charge in [-0.15, -0.1) is 0 Å². The topological polar surface area (TPSA) is 72.9 Å². The van der Waals surface area contributed by atoms with E-state index in [2.05, 4.69) is 0 Å². The molecule has 0 N–H and O–H groups in total. The molecule has 0 spiro atoms. The maximum atomic E-state index is 12.4. The highest BCUT2D eigenvalue weighted by molar-refractivity contribution is 6.02. The third-order valence-electron chi connectivity index (χ3n) is 4.58. The molecule has 6 nitrogen and oxygen atoms in total. The smallest absolute Gasteiger partial charge is 0.336 e. The molecule has 0 saturated heterocycles. The van der Waals surface area contributed by atoms with Crippen LogP contribution in [0.2, 0.25) is 0 Å². The monoisotopic (exact) mass is 353 g/mol. The highest BCUT2D eigenvalue weighted by Gasteiger charge is 2.34. The second-order valence-electron chi connectivity index (χ2n) is 5.99. The summed E-state index contributed by atoms with van der Waals surface area (Å²) in [7, 11) is 2.69. The Kier molecular flexibility index (Phi) is 5.16. The molecule has 0 aromatic heterocycles. The molecule has 26 heavy (non-hydrogen) atoms. The van der Waals surface area contributed by atoms with Crippen LogP contribution in [-0.4, -0.2) is 44.6 Å². The van der Waals surface area contributed by atoms with Gasteiger partial charge in [0.15, 0.2) is 5.78 Å². The molecular weight excluding hydrogens is 334 g/mol. The normalized spacial score (nSPS) is 19.8. The molecule has 0 fully saturated rings. The number of benzene rings is 1. The number of nitrogens with zero attached hydrogens (tertiary/aromatic N) is 1. The van der Waals surface area contributed by atoms with E-state index in [1.165, 1.54) is 14.2 Å². The Bertz CT molecular complexity index is 861. The number of fused-ring (bicyclic) bond motifs is 1. The maximum Gasteiger partial charge on any atom is 0.336 e. The predicted molar refractivity (Wildman–Crippen MR) is 95.5 cm³/mol. The van der Waals surface area contributed by atoms with E-state index in [0.717, 1.165) is 5.69 Å². The minimum atomic E-state index is -0.869. The number of carbonyl (C=O) groups excluding carboxylic acids is 3. The highest BCUT2D eigenvalue weighted by atomic mass is 16.5. The number of rotatable bonds is 3. The van der Waals surface area contributed by atoms with Gasteiger partial charge in [0.05, 0.1) is 29.6 Å². The number of carbonyl (C=O) groups is 2. The average Bonchev–Trinajstić information content (AvgIpc) is 2.85. The van der Waals surface area contributed by atoms with Crippen molar-refractivity contribution in [3.05, 3.63) is 58.8 Å². The minimum Gasteiger partial charge on any atom is -0.466 e. The number of hydrogen-bond donors (Lipinski definition) is 0. The number of hydrogen-bond acceptors (Lipinski definition) is 6. The Morgan fingerprint density at radius 1 is 1.23 bits per heavy atom. The largest absolute Gasteiger partial charge is 0.466 e. The van der Waals surface area contributed by atoms with Gasteiger partial charge < -0.3 is 14.4 Å². The zero-order valence-electron chi connectivity index (χ0n) is 14.7. The van der Waals surface area contributed by atoms with Crippen LogP contribution in [-0.2, 0) is 19.1 Å². The van der Waals surface area contributed by atoms with Crippen molar-refractivity contribution in [3.63, 3.8) is 0 Å². The zero-order chi connectivity index (χ0) is 18.7. The number of Topliss-reactive ketones (excluding diaryl/α,β-unsaturated/α-hetero) is 1. The van der Waals surface area contributed by atoms with Gasteiger partial charge in [0.25, 0.3) is 0 Å². The van der Waals surface area contributed by atoms with Gasteiger partial charge in [-0.3, -0.25) is 4.79 Å². The summed E-state index contributed by atoms with van der Waals surface area (Å²) in [6, 6.07) is 7.30. The molecule has 1 aliphatic carbocycles. The van der Waals surface area contributed by atoms with E-state index in [1.807, 2.05) is 29.0 Å². The van der Waals surface area contributed by atoms with Crippen molar-refractivity contribution >= 4 is 23.4 Å². The number of esters is 1. The Morgan fingerprint density at radius 2 is 2.00 bits per heavy atom. The first-order chi connectivity index (χ1) is 12.6. The van der Waals surface area contributed by atoms with E-state index >= 15 is 0 Å². The fraction of sp³-hybridized carbons (Fsp3) is 0.300. The Morgan fingerprint density at radius 3 is 2.69 bits per heavy atom. The van der Waals surface area contributed by atoms with Crippen LogP contribution in [0, 0.1) is 0 Å². The molecular formula is C20H19NO5. The third kappa shape index (κ3) is 3.01. The molecule has 0 bridgehead atoms. The molecule has 3 rings (SSSR count). The quantitative estimate of drug-likeness (QED) is 0.613. The van der Waals surface area contributed by atoms with Crippen LogP contribution in [0.15, 0.2) is 53.3 Å². The number of methoxy groups -OCH3 is 2. The molecule has 1 aromatic carbocycles. The van der Waals surface area contributed by atoms with E-state index in [1.54, 1.807) is 18.2 Å². The fourth-order valence-electron chi connectivity index (χ4n) is 3.36. The van der Waals surface area contributed by atoms with E-state index in [0.29, 0.717) is 30.6 Å². The first-order valence-electron chi connectivity index (χ1n) is 8.30. The first-order valence-corrected chi connectivity index (χ1v) is 8.30. The van der Waals surface area contributed by atoms with Crippen molar-refractivity contribution in [3.8, 4) is 0 Å². The molecule has 6 heteroatoms. The van der Waals surface area contributed by atoms with Crippen LogP contribution in [0.5, 0.6) is 0 Å². The average molecular weight is 353 g/mol. The van der Waals surface area contributed by atoms with Crippen molar-refractivity contribution in [1.29, 1.82) is 0 Å². The number of ketones is 1. The van der Waals surface area contributed by atoms with Crippen molar-refractivity contribution in [2.45, 2.75) is 18.9 Å². The van der Waals surface area contributed by atoms with Crippen molar-refractivity contribution in [1.82, 2.24) is 0 Å². The molecule has 1 atom stereocenters. The van der Waals surface area contributed by atoms with Gasteiger partial charge in [0, 0.05) is 25.6 Å². The number of anilines is 1. The van der Waals surface area contributed by atoms with Gasteiger partial charge in [-0.1, -0.05) is 12.1 Å². The lowest BCUT2D eigenvalue weighted by atomic mass is 9.93. The molecule has 2 aliphatic rings.